The highest BCUT2D eigenvalue weighted by atomic mass is 32.2. The highest BCUT2D eigenvalue weighted by Gasteiger charge is 2.61. The van der Waals surface area contributed by atoms with Crippen LogP contribution in [0.4, 0.5) is 0 Å². The molecule has 96 valence electrons. The fourth-order valence-corrected chi connectivity index (χ4v) is 4.98. The molecule has 1 aromatic rings. The second-order valence-electron chi connectivity index (χ2n) is 5.87. The number of carboxylic acid groups (broad SMARTS) is 1. The Bertz CT molecular complexity index is 483. The molecular weight excluding hydrogens is 244 g/mol. The van der Waals surface area contributed by atoms with Crippen molar-refractivity contribution < 1.29 is 9.90 Å². The predicted octanol–water partition coefficient (Wildman–Crippen LogP) is 3.87. The second kappa shape index (κ2) is 4.02. The van der Waals surface area contributed by atoms with E-state index in [1.165, 1.54) is 24.8 Å². The third kappa shape index (κ3) is 1.76. The first-order valence-electron chi connectivity index (χ1n) is 6.53. The van der Waals surface area contributed by atoms with E-state index in [9.17, 15) is 9.90 Å². The van der Waals surface area contributed by atoms with Gasteiger partial charge >= 0.3 is 5.97 Å². The summed E-state index contributed by atoms with van der Waals surface area (Å²) in [4.78, 5) is 12.7. The first-order chi connectivity index (χ1) is 8.55. The fraction of sp³-hybridized carbons (Fsp3) is 0.533. The van der Waals surface area contributed by atoms with E-state index in [4.69, 9.17) is 0 Å². The molecule has 1 spiro atoms. The molecule has 0 radical (unpaired) electrons. The highest BCUT2D eigenvalue weighted by Crippen LogP contribution is 2.66. The van der Waals surface area contributed by atoms with Gasteiger partial charge in [-0.2, -0.15) is 0 Å². The molecule has 0 heterocycles. The summed E-state index contributed by atoms with van der Waals surface area (Å²) in [6.45, 7) is 2.05. The van der Waals surface area contributed by atoms with Gasteiger partial charge in [0.05, 0.1) is 0 Å². The largest absolute Gasteiger partial charge is 0.480 e. The van der Waals surface area contributed by atoms with Crippen molar-refractivity contribution in [1.29, 1.82) is 0 Å². The van der Waals surface area contributed by atoms with Crippen LogP contribution in [0.3, 0.4) is 0 Å². The van der Waals surface area contributed by atoms with Gasteiger partial charge in [-0.05, 0) is 49.7 Å². The van der Waals surface area contributed by atoms with Crippen molar-refractivity contribution in [3.05, 3.63) is 29.8 Å². The van der Waals surface area contributed by atoms with Gasteiger partial charge in [0, 0.05) is 4.90 Å². The standard InChI is InChI=1S/C15H18O2S/c1-11-5-2-3-6-12(11)18-15(13(16)17)9-14(10-15)7-4-8-14/h2-3,5-6H,4,7-10H2,1H3,(H,16,17). The summed E-state index contributed by atoms with van der Waals surface area (Å²) in [5, 5.41) is 9.57. The van der Waals surface area contributed by atoms with E-state index in [2.05, 4.69) is 13.0 Å². The van der Waals surface area contributed by atoms with Crippen LogP contribution in [0.15, 0.2) is 29.2 Å². The van der Waals surface area contributed by atoms with E-state index < -0.39 is 10.7 Å². The SMILES string of the molecule is Cc1ccccc1SC1(C(=O)O)CC2(CCC2)C1. The molecule has 2 nitrogen and oxygen atoms in total. The molecule has 1 N–H and O–H groups in total. The summed E-state index contributed by atoms with van der Waals surface area (Å²) in [6, 6.07) is 8.08. The monoisotopic (exact) mass is 262 g/mol. The molecule has 0 saturated heterocycles. The summed E-state index contributed by atoms with van der Waals surface area (Å²) in [7, 11) is 0. The first kappa shape index (κ1) is 12.1. The Morgan fingerprint density at radius 3 is 2.44 bits per heavy atom. The number of rotatable bonds is 3. The number of thioether (sulfide) groups is 1. The maximum absolute atomic E-state index is 11.6. The molecule has 2 aliphatic carbocycles. The van der Waals surface area contributed by atoms with E-state index in [1.807, 2.05) is 18.2 Å². The average Bonchev–Trinajstić information content (AvgIpc) is 2.22. The van der Waals surface area contributed by atoms with E-state index in [0.717, 1.165) is 17.7 Å². The molecular formula is C15H18O2S. The van der Waals surface area contributed by atoms with Crippen molar-refractivity contribution >= 4 is 17.7 Å². The van der Waals surface area contributed by atoms with Crippen molar-refractivity contribution in [2.24, 2.45) is 5.41 Å². The maximum Gasteiger partial charge on any atom is 0.320 e. The van der Waals surface area contributed by atoms with Crippen LogP contribution in [0, 0.1) is 12.3 Å². The summed E-state index contributed by atoms with van der Waals surface area (Å²) in [5.41, 5.74) is 1.56. The molecule has 2 fully saturated rings. The minimum atomic E-state index is -0.631. The van der Waals surface area contributed by atoms with E-state index >= 15 is 0 Å². The Kier molecular flexibility index (Phi) is 2.70. The third-order valence-electron chi connectivity index (χ3n) is 4.52. The molecule has 18 heavy (non-hydrogen) atoms. The number of carboxylic acids is 1. The van der Waals surface area contributed by atoms with Gasteiger partial charge in [-0.1, -0.05) is 24.6 Å². The van der Waals surface area contributed by atoms with E-state index in [-0.39, 0.29) is 0 Å². The minimum absolute atomic E-state index is 0.383. The van der Waals surface area contributed by atoms with Crippen molar-refractivity contribution in [2.45, 2.75) is 48.7 Å². The number of benzene rings is 1. The van der Waals surface area contributed by atoms with Crippen LogP contribution in [0.25, 0.3) is 0 Å². The van der Waals surface area contributed by atoms with Crippen molar-refractivity contribution in [3.8, 4) is 0 Å². The lowest BCUT2D eigenvalue weighted by molar-refractivity contribution is -0.149. The Hall–Kier alpha value is -0.960. The van der Waals surface area contributed by atoms with Gasteiger partial charge in [-0.3, -0.25) is 4.79 Å². The molecule has 0 amide bonds. The predicted molar refractivity (Wildman–Crippen MR) is 72.9 cm³/mol. The van der Waals surface area contributed by atoms with Gasteiger partial charge in [0.2, 0.25) is 0 Å². The molecule has 1 aromatic carbocycles. The molecule has 0 atom stereocenters. The van der Waals surface area contributed by atoms with Crippen LogP contribution in [-0.4, -0.2) is 15.8 Å². The maximum atomic E-state index is 11.6. The minimum Gasteiger partial charge on any atom is -0.480 e. The summed E-state index contributed by atoms with van der Waals surface area (Å²) < 4.78 is -0.563. The van der Waals surface area contributed by atoms with Gasteiger partial charge in [-0.15, -0.1) is 11.8 Å². The van der Waals surface area contributed by atoms with Gasteiger partial charge in [0.25, 0.3) is 0 Å². The summed E-state index contributed by atoms with van der Waals surface area (Å²) in [5.74, 6) is -0.631. The Labute approximate surface area is 112 Å². The third-order valence-corrected chi connectivity index (χ3v) is 6.06. The van der Waals surface area contributed by atoms with Crippen LogP contribution >= 0.6 is 11.8 Å². The van der Waals surface area contributed by atoms with Crippen molar-refractivity contribution in [2.75, 3.05) is 0 Å². The smallest absolute Gasteiger partial charge is 0.320 e. The van der Waals surface area contributed by atoms with Crippen LogP contribution in [0.2, 0.25) is 0 Å². The zero-order valence-corrected chi connectivity index (χ0v) is 11.4. The molecule has 0 unspecified atom stereocenters. The lowest BCUT2D eigenvalue weighted by atomic mass is 9.51. The first-order valence-corrected chi connectivity index (χ1v) is 7.35. The zero-order chi connectivity index (χ0) is 12.8. The van der Waals surface area contributed by atoms with Crippen molar-refractivity contribution in [3.63, 3.8) is 0 Å². The summed E-state index contributed by atoms with van der Waals surface area (Å²) >= 11 is 1.56. The van der Waals surface area contributed by atoms with E-state index in [0.29, 0.717) is 5.41 Å². The second-order valence-corrected chi connectivity index (χ2v) is 7.30. The zero-order valence-electron chi connectivity index (χ0n) is 10.6. The quantitative estimate of drug-likeness (QED) is 0.898. The molecule has 2 aliphatic rings. The van der Waals surface area contributed by atoms with Crippen LogP contribution in [-0.2, 0) is 4.79 Å². The lowest BCUT2D eigenvalue weighted by Gasteiger charge is -2.58. The van der Waals surface area contributed by atoms with Gasteiger partial charge in [0.15, 0.2) is 0 Å². The van der Waals surface area contributed by atoms with Gasteiger partial charge in [0.1, 0.15) is 4.75 Å². The highest BCUT2D eigenvalue weighted by molar-refractivity contribution is 8.01. The van der Waals surface area contributed by atoms with E-state index in [1.54, 1.807) is 11.8 Å². The number of hydrogen-bond acceptors (Lipinski definition) is 2. The number of aryl methyl sites for hydroxylation is 1. The summed E-state index contributed by atoms with van der Waals surface area (Å²) in [6.07, 6.45) is 5.46. The fourth-order valence-electron chi connectivity index (χ4n) is 3.34. The molecule has 3 heteroatoms. The molecule has 3 rings (SSSR count). The number of aliphatic carboxylic acids is 1. The normalized spacial score (nSPS) is 23.2. The van der Waals surface area contributed by atoms with Crippen molar-refractivity contribution in [1.82, 2.24) is 0 Å². The van der Waals surface area contributed by atoms with Crippen LogP contribution in [0.5, 0.6) is 0 Å². The molecule has 0 aliphatic heterocycles. The van der Waals surface area contributed by atoms with Crippen LogP contribution in [0.1, 0.15) is 37.7 Å². The van der Waals surface area contributed by atoms with Gasteiger partial charge in [-0.25, -0.2) is 0 Å². The number of hydrogen-bond donors (Lipinski definition) is 1. The Morgan fingerprint density at radius 1 is 1.28 bits per heavy atom. The van der Waals surface area contributed by atoms with Crippen LogP contribution < -0.4 is 0 Å². The Balaban J connectivity index is 1.80. The average molecular weight is 262 g/mol. The molecule has 2 saturated carbocycles. The van der Waals surface area contributed by atoms with Gasteiger partial charge < -0.3 is 5.11 Å². The topological polar surface area (TPSA) is 37.3 Å². The Morgan fingerprint density at radius 2 is 1.94 bits per heavy atom. The number of carbonyl (C=O) groups is 1. The lowest BCUT2D eigenvalue weighted by Crippen LogP contribution is -2.57. The molecule has 0 bridgehead atoms. The molecule has 0 aromatic heterocycles.